The Morgan fingerprint density at radius 3 is 2.58 bits per heavy atom. The largest absolute Gasteiger partial charge is 0.394 e. The summed E-state index contributed by atoms with van der Waals surface area (Å²) in [6.45, 7) is -0.366. The van der Waals surface area contributed by atoms with Gasteiger partial charge in [0, 0.05) is 18.2 Å². The molecule has 2 heterocycles. The molecule has 1 saturated heterocycles. The van der Waals surface area contributed by atoms with E-state index in [1.807, 2.05) is 30.3 Å². The summed E-state index contributed by atoms with van der Waals surface area (Å²) in [6.07, 6.45) is -0.773. The van der Waals surface area contributed by atoms with E-state index >= 15 is 0 Å². The molecule has 1 aliphatic rings. The molecule has 1 fully saturated rings. The first-order chi connectivity index (χ1) is 11.5. The number of aromatic nitrogens is 2. The number of hydrogen-bond acceptors (Lipinski definition) is 5. The predicted octanol–water partition coefficient (Wildman–Crippen LogP) is 0.142. The highest BCUT2D eigenvalue weighted by atomic mass is 79.9. The van der Waals surface area contributed by atoms with Crippen LogP contribution in [0.2, 0.25) is 0 Å². The van der Waals surface area contributed by atoms with Gasteiger partial charge in [0.2, 0.25) is 0 Å². The summed E-state index contributed by atoms with van der Waals surface area (Å²) in [5, 5.41) is 19.3. The van der Waals surface area contributed by atoms with E-state index in [2.05, 4.69) is 20.9 Å². The molecule has 1 aromatic heterocycles. The van der Waals surface area contributed by atoms with Gasteiger partial charge in [0.05, 0.1) is 17.5 Å². The van der Waals surface area contributed by atoms with Gasteiger partial charge >= 0.3 is 5.69 Å². The molecule has 0 spiro atoms. The SMILES string of the molecule is O=c1[nH]c(=O)n(C2OC(CO)C(O)C2Br)cc1Cc1ccccc1. The third-order valence-corrected chi connectivity index (χ3v) is 5.02. The summed E-state index contributed by atoms with van der Waals surface area (Å²) >= 11 is 3.29. The number of benzene rings is 1. The highest BCUT2D eigenvalue weighted by molar-refractivity contribution is 9.09. The molecular formula is C16H17BrN2O5. The number of aromatic amines is 1. The number of aliphatic hydroxyl groups excluding tert-OH is 2. The summed E-state index contributed by atoms with van der Waals surface area (Å²) in [7, 11) is 0. The van der Waals surface area contributed by atoms with Crippen LogP contribution < -0.4 is 11.2 Å². The van der Waals surface area contributed by atoms with Gasteiger partial charge in [-0.3, -0.25) is 14.3 Å². The number of H-pyrrole nitrogens is 1. The normalized spacial score (nSPS) is 26.6. The Morgan fingerprint density at radius 2 is 1.96 bits per heavy atom. The van der Waals surface area contributed by atoms with Crippen molar-refractivity contribution in [2.45, 2.75) is 29.7 Å². The molecule has 7 nitrogen and oxygen atoms in total. The Balaban J connectivity index is 1.96. The van der Waals surface area contributed by atoms with Gasteiger partial charge in [0.1, 0.15) is 6.10 Å². The van der Waals surface area contributed by atoms with Gasteiger partial charge in [-0.15, -0.1) is 0 Å². The van der Waals surface area contributed by atoms with Crippen LogP contribution in [-0.2, 0) is 11.2 Å². The van der Waals surface area contributed by atoms with Crippen LogP contribution in [0.3, 0.4) is 0 Å². The van der Waals surface area contributed by atoms with Crippen LogP contribution in [0.4, 0.5) is 0 Å². The molecule has 0 radical (unpaired) electrons. The molecule has 24 heavy (non-hydrogen) atoms. The molecule has 0 aliphatic carbocycles. The zero-order valence-electron chi connectivity index (χ0n) is 12.6. The van der Waals surface area contributed by atoms with Crippen LogP contribution in [0.15, 0.2) is 46.1 Å². The van der Waals surface area contributed by atoms with Crippen molar-refractivity contribution in [3.8, 4) is 0 Å². The van der Waals surface area contributed by atoms with Gasteiger partial charge in [0.15, 0.2) is 6.23 Å². The number of aliphatic hydroxyl groups is 2. The Morgan fingerprint density at radius 1 is 1.25 bits per heavy atom. The van der Waals surface area contributed by atoms with Gasteiger partial charge in [-0.25, -0.2) is 4.79 Å². The highest BCUT2D eigenvalue weighted by Gasteiger charge is 2.43. The van der Waals surface area contributed by atoms with Crippen molar-refractivity contribution in [1.29, 1.82) is 0 Å². The smallest absolute Gasteiger partial charge is 0.330 e. The maximum Gasteiger partial charge on any atom is 0.330 e. The first kappa shape index (κ1) is 17.1. The van der Waals surface area contributed by atoms with E-state index in [1.54, 1.807) is 0 Å². The maximum absolute atomic E-state index is 12.1. The maximum atomic E-state index is 12.1. The molecule has 0 bridgehead atoms. The lowest BCUT2D eigenvalue weighted by Gasteiger charge is -2.17. The van der Waals surface area contributed by atoms with E-state index in [-0.39, 0.29) is 6.61 Å². The number of halogens is 1. The number of nitrogens with zero attached hydrogens (tertiary/aromatic N) is 1. The summed E-state index contributed by atoms with van der Waals surface area (Å²) in [5.41, 5.74) is 0.260. The van der Waals surface area contributed by atoms with Crippen molar-refractivity contribution < 1.29 is 14.9 Å². The third-order valence-electron chi connectivity index (χ3n) is 4.03. The average Bonchev–Trinajstić information content (AvgIpc) is 2.86. The van der Waals surface area contributed by atoms with Crippen molar-refractivity contribution in [3.05, 3.63) is 68.5 Å². The fourth-order valence-electron chi connectivity index (χ4n) is 2.74. The number of nitrogens with one attached hydrogen (secondary N) is 1. The molecule has 3 rings (SSSR count). The summed E-state index contributed by atoms with van der Waals surface area (Å²) < 4.78 is 6.78. The van der Waals surface area contributed by atoms with Gasteiger partial charge in [-0.05, 0) is 5.56 Å². The highest BCUT2D eigenvalue weighted by Crippen LogP contribution is 2.33. The minimum atomic E-state index is -0.962. The summed E-state index contributed by atoms with van der Waals surface area (Å²) in [5.74, 6) is 0. The molecule has 0 saturated carbocycles. The third kappa shape index (κ3) is 3.23. The first-order valence-corrected chi connectivity index (χ1v) is 8.39. The minimum Gasteiger partial charge on any atom is -0.394 e. The van der Waals surface area contributed by atoms with Crippen LogP contribution in [-0.4, -0.2) is 43.4 Å². The molecule has 128 valence electrons. The van der Waals surface area contributed by atoms with Gasteiger partial charge < -0.3 is 14.9 Å². The topological polar surface area (TPSA) is 105 Å². The lowest BCUT2D eigenvalue weighted by molar-refractivity contribution is -0.0457. The molecule has 3 N–H and O–H groups in total. The van der Waals surface area contributed by atoms with E-state index in [0.717, 1.165) is 5.56 Å². The van der Waals surface area contributed by atoms with E-state index in [4.69, 9.17) is 4.74 Å². The Hall–Kier alpha value is -1.74. The Kier molecular flexibility index (Phi) is 5.00. The fraction of sp³-hybridized carbons (Fsp3) is 0.375. The molecule has 4 unspecified atom stereocenters. The summed E-state index contributed by atoms with van der Waals surface area (Å²) in [4.78, 5) is 25.9. The van der Waals surface area contributed by atoms with Gasteiger partial charge in [-0.2, -0.15) is 0 Å². The molecule has 2 aromatic rings. The number of hydrogen-bond donors (Lipinski definition) is 3. The quantitative estimate of drug-likeness (QED) is 0.637. The lowest BCUT2D eigenvalue weighted by Crippen LogP contribution is -2.37. The zero-order chi connectivity index (χ0) is 17.3. The van der Waals surface area contributed by atoms with Gasteiger partial charge in [-0.1, -0.05) is 46.3 Å². The summed E-state index contributed by atoms with van der Waals surface area (Å²) in [6, 6.07) is 9.40. The predicted molar refractivity (Wildman–Crippen MR) is 90.3 cm³/mol. The second-order valence-corrected chi connectivity index (χ2v) is 6.72. The zero-order valence-corrected chi connectivity index (χ0v) is 14.2. The molecule has 0 amide bonds. The minimum absolute atomic E-state index is 0.363. The fourth-order valence-corrected chi connectivity index (χ4v) is 3.46. The van der Waals surface area contributed by atoms with E-state index in [9.17, 15) is 19.8 Å². The number of ether oxygens (including phenoxy) is 1. The number of alkyl halides is 1. The lowest BCUT2D eigenvalue weighted by atomic mass is 10.1. The van der Waals surface area contributed by atoms with Crippen molar-refractivity contribution in [2.24, 2.45) is 0 Å². The molecular weight excluding hydrogens is 380 g/mol. The average molecular weight is 397 g/mol. The van der Waals surface area contributed by atoms with E-state index in [1.165, 1.54) is 10.8 Å². The standard InChI is InChI=1S/C16H17BrN2O5/c17-12-13(21)11(8-20)24-15(12)19-7-10(14(22)18-16(19)23)6-9-4-2-1-3-5-9/h1-5,7,11-13,15,20-21H,6,8H2,(H,18,22,23). The second kappa shape index (κ2) is 7.02. The van der Waals surface area contributed by atoms with Crippen LogP contribution in [0.1, 0.15) is 17.4 Å². The van der Waals surface area contributed by atoms with Crippen LogP contribution in [0.25, 0.3) is 0 Å². The van der Waals surface area contributed by atoms with Gasteiger partial charge in [0.25, 0.3) is 5.56 Å². The van der Waals surface area contributed by atoms with Crippen molar-refractivity contribution >= 4 is 15.9 Å². The molecule has 1 aliphatic heterocycles. The molecule has 1 aromatic carbocycles. The molecule has 4 atom stereocenters. The van der Waals surface area contributed by atoms with E-state index < -0.39 is 34.5 Å². The second-order valence-electron chi connectivity index (χ2n) is 5.67. The Labute approximate surface area is 145 Å². The van der Waals surface area contributed by atoms with Crippen LogP contribution >= 0.6 is 15.9 Å². The van der Waals surface area contributed by atoms with Crippen LogP contribution in [0.5, 0.6) is 0 Å². The number of rotatable bonds is 4. The van der Waals surface area contributed by atoms with Crippen molar-refractivity contribution in [3.63, 3.8) is 0 Å². The van der Waals surface area contributed by atoms with Crippen molar-refractivity contribution in [1.82, 2.24) is 9.55 Å². The van der Waals surface area contributed by atoms with E-state index in [0.29, 0.717) is 12.0 Å². The monoisotopic (exact) mass is 396 g/mol. The molecule has 8 heteroatoms. The van der Waals surface area contributed by atoms with Crippen molar-refractivity contribution in [2.75, 3.05) is 6.61 Å². The Bertz CT molecular complexity index is 819. The van der Waals surface area contributed by atoms with Crippen LogP contribution in [0, 0.1) is 0 Å². The first-order valence-electron chi connectivity index (χ1n) is 7.48.